The SMILES string of the molecule is Cn1cc(-c2cnc(Nc3ccccc3)nc2)cc1C(=O)NCCO. The van der Waals surface area contributed by atoms with Crippen molar-refractivity contribution in [1.29, 1.82) is 0 Å². The molecule has 25 heavy (non-hydrogen) atoms. The molecule has 2 heterocycles. The van der Waals surface area contributed by atoms with Crippen molar-refractivity contribution in [3.8, 4) is 11.1 Å². The maximum Gasteiger partial charge on any atom is 0.267 e. The smallest absolute Gasteiger partial charge is 0.267 e. The second kappa shape index (κ2) is 7.59. The van der Waals surface area contributed by atoms with Gasteiger partial charge in [0.2, 0.25) is 5.95 Å². The van der Waals surface area contributed by atoms with Gasteiger partial charge in [0.25, 0.3) is 5.91 Å². The number of aryl methyl sites for hydroxylation is 1. The third-order valence-corrected chi connectivity index (χ3v) is 3.65. The van der Waals surface area contributed by atoms with E-state index in [-0.39, 0.29) is 19.1 Å². The molecule has 3 aromatic rings. The number of carbonyl (C=O) groups excluding carboxylic acids is 1. The quantitative estimate of drug-likeness (QED) is 0.639. The lowest BCUT2D eigenvalue weighted by Gasteiger charge is -2.04. The normalized spacial score (nSPS) is 10.5. The Balaban J connectivity index is 1.75. The lowest BCUT2D eigenvalue weighted by atomic mass is 10.2. The van der Waals surface area contributed by atoms with Crippen LogP contribution in [0.25, 0.3) is 11.1 Å². The fourth-order valence-electron chi connectivity index (χ4n) is 2.40. The largest absolute Gasteiger partial charge is 0.395 e. The van der Waals surface area contributed by atoms with Crippen LogP contribution in [0.2, 0.25) is 0 Å². The van der Waals surface area contributed by atoms with Crippen molar-refractivity contribution in [2.45, 2.75) is 0 Å². The summed E-state index contributed by atoms with van der Waals surface area (Å²) in [5.74, 6) is 0.276. The highest BCUT2D eigenvalue weighted by molar-refractivity contribution is 5.94. The van der Waals surface area contributed by atoms with E-state index in [1.165, 1.54) is 0 Å². The highest BCUT2D eigenvalue weighted by Crippen LogP contribution is 2.21. The van der Waals surface area contributed by atoms with Gasteiger partial charge in [-0.1, -0.05) is 18.2 Å². The summed E-state index contributed by atoms with van der Waals surface area (Å²) < 4.78 is 1.73. The molecule has 3 rings (SSSR count). The summed E-state index contributed by atoms with van der Waals surface area (Å²) >= 11 is 0. The summed E-state index contributed by atoms with van der Waals surface area (Å²) in [5, 5.41) is 14.6. The minimum atomic E-state index is -0.230. The molecule has 0 aliphatic heterocycles. The van der Waals surface area contributed by atoms with E-state index in [0.717, 1.165) is 16.8 Å². The molecule has 2 aromatic heterocycles. The molecule has 0 aliphatic carbocycles. The number of aliphatic hydroxyl groups excluding tert-OH is 1. The number of hydrogen-bond acceptors (Lipinski definition) is 5. The van der Waals surface area contributed by atoms with Crippen LogP contribution >= 0.6 is 0 Å². The molecule has 128 valence electrons. The summed E-state index contributed by atoms with van der Waals surface area (Å²) in [6.07, 6.45) is 5.27. The molecule has 0 unspecified atom stereocenters. The van der Waals surface area contributed by atoms with Gasteiger partial charge in [0.05, 0.1) is 6.61 Å². The van der Waals surface area contributed by atoms with Crippen molar-refractivity contribution in [1.82, 2.24) is 19.9 Å². The van der Waals surface area contributed by atoms with Gasteiger partial charge in [-0.05, 0) is 18.2 Å². The zero-order valence-corrected chi connectivity index (χ0v) is 13.8. The first-order valence-electron chi connectivity index (χ1n) is 7.87. The number of nitrogens with one attached hydrogen (secondary N) is 2. The lowest BCUT2D eigenvalue weighted by Crippen LogP contribution is -2.27. The number of aliphatic hydroxyl groups is 1. The van der Waals surface area contributed by atoms with Crippen LogP contribution in [0.3, 0.4) is 0 Å². The van der Waals surface area contributed by atoms with E-state index in [2.05, 4.69) is 20.6 Å². The van der Waals surface area contributed by atoms with Crippen LogP contribution in [0.5, 0.6) is 0 Å². The first-order valence-corrected chi connectivity index (χ1v) is 7.87. The first kappa shape index (κ1) is 16.7. The van der Waals surface area contributed by atoms with Gasteiger partial charge in [0, 0.05) is 49.0 Å². The average Bonchev–Trinajstić information content (AvgIpc) is 3.03. The van der Waals surface area contributed by atoms with Crippen LogP contribution in [0.4, 0.5) is 11.6 Å². The molecule has 7 heteroatoms. The Hall–Kier alpha value is -3.19. The Bertz CT molecular complexity index is 844. The van der Waals surface area contributed by atoms with Gasteiger partial charge in [-0.2, -0.15) is 0 Å². The van der Waals surface area contributed by atoms with Gasteiger partial charge < -0.3 is 20.3 Å². The maximum absolute atomic E-state index is 12.0. The molecular weight excluding hydrogens is 318 g/mol. The third kappa shape index (κ3) is 4.02. The summed E-state index contributed by atoms with van der Waals surface area (Å²) in [4.78, 5) is 20.7. The topological polar surface area (TPSA) is 92.1 Å². The van der Waals surface area contributed by atoms with E-state index >= 15 is 0 Å². The molecule has 7 nitrogen and oxygen atoms in total. The van der Waals surface area contributed by atoms with Gasteiger partial charge in [0.1, 0.15) is 5.69 Å². The first-order chi connectivity index (χ1) is 12.2. The van der Waals surface area contributed by atoms with Crippen molar-refractivity contribution in [2.75, 3.05) is 18.5 Å². The van der Waals surface area contributed by atoms with Crippen LogP contribution in [-0.4, -0.2) is 38.7 Å². The molecule has 0 spiro atoms. The molecule has 0 fully saturated rings. The number of anilines is 2. The molecule has 1 aromatic carbocycles. The summed E-state index contributed by atoms with van der Waals surface area (Å²) in [6.45, 7) is 0.134. The molecular formula is C18H19N5O2. The summed E-state index contributed by atoms with van der Waals surface area (Å²) in [6, 6.07) is 11.5. The molecule has 3 N–H and O–H groups in total. The predicted octanol–water partition coefficient (Wildman–Crippen LogP) is 1.95. The number of carbonyl (C=O) groups is 1. The maximum atomic E-state index is 12.0. The van der Waals surface area contributed by atoms with Crippen molar-refractivity contribution >= 4 is 17.5 Å². The fourth-order valence-corrected chi connectivity index (χ4v) is 2.40. The number of aromatic nitrogens is 3. The third-order valence-electron chi connectivity index (χ3n) is 3.65. The number of benzene rings is 1. The lowest BCUT2D eigenvalue weighted by molar-refractivity contribution is 0.0936. The predicted molar refractivity (Wildman–Crippen MR) is 95.6 cm³/mol. The minimum absolute atomic E-state index is 0.0905. The number of rotatable bonds is 6. The molecule has 0 saturated heterocycles. The zero-order chi connectivity index (χ0) is 17.6. The van der Waals surface area contributed by atoms with Crippen LogP contribution in [-0.2, 0) is 7.05 Å². The zero-order valence-electron chi connectivity index (χ0n) is 13.8. The van der Waals surface area contributed by atoms with Crippen LogP contribution in [0, 0.1) is 0 Å². The van der Waals surface area contributed by atoms with Gasteiger partial charge in [-0.15, -0.1) is 0 Å². The van der Waals surface area contributed by atoms with E-state index < -0.39 is 0 Å². The van der Waals surface area contributed by atoms with Crippen LogP contribution in [0.15, 0.2) is 55.0 Å². The minimum Gasteiger partial charge on any atom is -0.395 e. The van der Waals surface area contributed by atoms with Crippen LogP contribution in [0.1, 0.15) is 10.5 Å². The van der Waals surface area contributed by atoms with Gasteiger partial charge >= 0.3 is 0 Å². The Morgan fingerprint density at radius 2 is 1.88 bits per heavy atom. The average molecular weight is 337 g/mol. The number of amides is 1. The molecule has 0 atom stereocenters. The van der Waals surface area contributed by atoms with Gasteiger partial charge in [-0.3, -0.25) is 4.79 Å². The summed E-state index contributed by atoms with van der Waals surface area (Å²) in [5.41, 5.74) is 3.09. The van der Waals surface area contributed by atoms with Crippen molar-refractivity contribution < 1.29 is 9.90 Å². The van der Waals surface area contributed by atoms with Crippen molar-refractivity contribution in [3.63, 3.8) is 0 Å². The monoisotopic (exact) mass is 337 g/mol. The van der Waals surface area contributed by atoms with Gasteiger partial charge in [-0.25, -0.2) is 9.97 Å². The second-order valence-corrected chi connectivity index (χ2v) is 5.49. The molecule has 0 saturated carbocycles. The fraction of sp³-hybridized carbons (Fsp3) is 0.167. The van der Waals surface area contributed by atoms with E-state index in [1.54, 1.807) is 30.1 Å². The Morgan fingerprint density at radius 1 is 1.16 bits per heavy atom. The van der Waals surface area contributed by atoms with E-state index in [9.17, 15) is 4.79 Å². The Morgan fingerprint density at radius 3 is 2.56 bits per heavy atom. The van der Waals surface area contributed by atoms with E-state index in [0.29, 0.717) is 11.6 Å². The van der Waals surface area contributed by atoms with Gasteiger partial charge in [0.15, 0.2) is 0 Å². The van der Waals surface area contributed by atoms with Crippen molar-refractivity contribution in [3.05, 3.63) is 60.7 Å². The Kier molecular flexibility index (Phi) is 5.06. The highest BCUT2D eigenvalue weighted by Gasteiger charge is 2.12. The number of hydrogen-bond donors (Lipinski definition) is 3. The Labute approximate surface area is 145 Å². The molecule has 0 bridgehead atoms. The molecule has 0 aliphatic rings. The number of nitrogens with zero attached hydrogens (tertiary/aromatic N) is 3. The molecule has 1 amide bonds. The standard InChI is InChI=1S/C18H19N5O2/c1-23-12-13(9-16(23)17(25)19-7-8-24)14-10-20-18(21-11-14)22-15-5-3-2-4-6-15/h2-6,9-12,24H,7-8H2,1H3,(H,19,25)(H,20,21,22). The second-order valence-electron chi connectivity index (χ2n) is 5.49. The summed E-state index contributed by atoms with van der Waals surface area (Å²) in [7, 11) is 1.80. The number of para-hydroxylation sites is 1. The van der Waals surface area contributed by atoms with Crippen molar-refractivity contribution in [2.24, 2.45) is 7.05 Å². The van der Waals surface area contributed by atoms with E-state index in [1.807, 2.05) is 36.5 Å². The highest BCUT2D eigenvalue weighted by atomic mass is 16.3. The van der Waals surface area contributed by atoms with Crippen LogP contribution < -0.4 is 10.6 Å². The molecule has 0 radical (unpaired) electrons. The van der Waals surface area contributed by atoms with E-state index in [4.69, 9.17) is 5.11 Å².